The number of thiophene rings is 1. The summed E-state index contributed by atoms with van der Waals surface area (Å²) in [6.07, 6.45) is 8.65. The molecule has 0 bridgehead atoms. The fourth-order valence-corrected chi connectivity index (χ4v) is 5.46. The van der Waals surface area contributed by atoms with Gasteiger partial charge in [0.25, 0.3) is 0 Å². The lowest BCUT2D eigenvalue weighted by molar-refractivity contribution is 0.135. The Kier molecular flexibility index (Phi) is 5.99. The number of hydrogen-bond donors (Lipinski definition) is 1. The van der Waals surface area contributed by atoms with Crippen LogP contribution in [-0.2, 0) is 0 Å². The number of piperidine rings is 1. The van der Waals surface area contributed by atoms with Gasteiger partial charge in [-0.25, -0.2) is 14.8 Å². The Hall–Kier alpha value is -1.89. The molecule has 2 saturated heterocycles. The minimum Gasteiger partial charge on any atom is -0.356 e. The van der Waals surface area contributed by atoms with Crippen LogP contribution in [0.4, 0.5) is 10.6 Å². The van der Waals surface area contributed by atoms with E-state index in [1.165, 1.54) is 18.2 Å². The van der Waals surface area contributed by atoms with Crippen LogP contribution in [-0.4, -0.2) is 52.6 Å². The third-order valence-corrected chi connectivity index (χ3v) is 6.92. The van der Waals surface area contributed by atoms with Gasteiger partial charge in [-0.3, -0.25) is 0 Å². The highest BCUT2D eigenvalue weighted by molar-refractivity contribution is 7.16. The van der Waals surface area contributed by atoms with Crippen molar-refractivity contribution in [3.8, 4) is 0 Å². The maximum atomic E-state index is 12.8. The number of fused-ring (bicyclic) bond motifs is 1. The van der Waals surface area contributed by atoms with E-state index in [2.05, 4.69) is 36.5 Å². The maximum absolute atomic E-state index is 12.8. The molecule has 6 nitrogen and oxygen atoms in total. The maximum Gasteiger partial charge on any atom is 0.317 e. The number of nitrogens with one attached hydrogen (secondary N) is 1. The van der Waals surface area contributed by atoms with Crippen molar-refractivity contribution in [2.45, 2.75) is 64.5 Å². The molecule has 0 radical (unpaired) electrons. The third kappa shape index (κ3) is 4.09. The van der Waals surface area contributed by atoms with Crippen molar-refractivity contribution in [3.05, 3.63) is 17.8 Å². The molecule has 7 heteroatoms. The van der Waals surface area contributed by atoms with Crippen LogP contribution in [0.5, 0.6) is 0 Å². The molecule has 4 rings (SSSR count). The number of urea groups is 1. The van der Waals surface area contributed by atoms with Crippen LogP contribution in [0.25, 0.3) is 10.2 Å². The zero-order chi connectivity index (χ0) is 19.5. The molecule has 0 unspecified atom stereocenters. The molecule has 2 fully saturated rings. The molecule has 28 heavy (non-hydrogen) atoms. The van der Waals surface area contributed by atoms with Gasteiger partial charge in [-0.2, -0.15) is 0 Å². The number of anilines is 1. The highest BCUT2D eigenvalue weighted by Crippen LogP contribution is 2.34. The predicted molar refractivity (Wildman–Crippen MR) is 115 cm³/mol. The van der Waals surface area contributed by atoms with Gasteiger partial charge in [0.05, 0.1) is 5.39 Å². The average Bonchev–Trinajstić information content (AvgIpc) is 3.04. The van der Waals surface area contributed by atoms with Crippen molar-refractivity contribution >= 4 is 33.4 Å². The van der Waals surface area contributed by atoms with E-state index in [9.17, 15) is 4.79 Å². The van der Waals surface area contributed by atoms with E-state index in [1.54, 1.807) is 17.7 Å². The number of nitrogens with zero attached hydrogens (tertiary/aromatic N) is 4. The molecule has 0 aliphatic carbocycles. The molecule has 0 saturated carbocycles. The van der Waals surface area contributed by atoms with Crippen molar-refractivity contribution in [3.63, 3.8) is 0 Å². The van der Waals surface area contributed by atoms with Gasteiger partial charge in [-0.1, -0.05) is 12.8 Å². The quantitative estimate of drug-likeness (QED) is 0.834. The molecule has 1 atom stereocenters. The van der Waals surface area contributed by atoms with Crippen molar-refractivity contribution in [1.29, 1.82) is 0 Å². The summed E-state index contributed by atoms with van der Waals surface area (Å²) in [5.74, 6) is 1.65. The van der Waals surface area contributed by atoms with E-state index in [1.807, 2.05) is 13.8 Å². The highest BCUT2D eigenvalue weighted by Gasteiger charge is 2.34. The molecule has 2 aliphatic heterocycles. The summed E-state index contributed by atoms with van der Waals surface area (Å²) in [7, 11) is 0. The summed E-state index contributed by atoms with van der Waals surface area (Å²) < 4.78 is 0. The standard InChI is InChI=1S/C21H31N5OS/c1-15(2)24-21(27)26-10-5-3-4-6-18(26)16-7-11-25(12-8-16)19-17-9-13-28-20(17)23-14-22-19/h9,13-16,18H,3-8,10-12H2,1-2H3,(H,24,27)/t18-/m0/s1. The number of carbonyl (C=O) groups is 1. The van der Waals surface area contributed by atoms with E-state index in [0.717, 1.165) is 56.0 Å². The minimum absolute atomic E-state index is 0.125. The van der Waals surface area contributed by atoms with E-state index >= 15 is 0 Å². The second kappa shape index (κ2) is 8.64. The van der Waals surface area contributed by atoms with Crippen LogP contribution < -0.4 is 10.2 Å². The Bertz CT molecular complexity index is 799. The number of amides is 2. The third-order valence-electron chi connectivity index (χ3n) is 6.10. The molecule has 4 heterocycles. The Morgan fingerprint density at radius 1 is 1.14 bits per heavy atom. The minimum atomic E-state index is 0.125. The SMILES string of the molecule is CC(C)NC(=O)N1CCCCC[C@H]1C1CCN(c2ncnc3sccc23)CC1. The first-order chi connectivity index (χ1) is 13.6. The van der Waals surface area contributed by atoms with Crippen molar-refractivity contribution in [1.82, 2.24) is 20.2 Å². The van der Waals surface area contributed by atoms with Crippen LogP contribution >= 0.6 is 11.3 Å². The predicted octanol–water partition coefficient (Wildman–Crippen LogP) is 4.27. The molecule has 2 aromatic rings. The molecule has 152 valence electrons. The Morgan fingerprint density at radius 2 is 1.96 bits per heavy atom. The van der Waals surface area contributed by atoms with Crippen LogP contribution in [0.1, 0.15) is 52.4 Å². The summed E-state index contributed by atoms with van der Waals surface area (Å²) in [5.41, 5.74) is 0. The zero-order valence-electron chi connectivity index (χ0n) is 16.9. The first-order valence-corrected chi connectivity index (χ1v) is 11.5. The molecule has 0 spiro atoms. The summed E-state index contributed by atoms with van der Waals surface area (Å²) in [4.78, 5) is 27.4. The number of hydrogen-bond acceptors (Lipinski definition) is 5. The van der Waals surface area contributed by atoms with Crippen LogP contribution in [0, 0.1) is 5.92 Å². The number of aromatic nitrogens is 2. The Morgan fingerprint density at radius 3 is 2.75 bits per heavy atom. The molecule has 2 aromatic heterocycles. The summed E-state index contributed by atoms with van der Waals surface area (Å²) >= 11 is 1.67. The Balaban J connectivity index is 1.45. The van der Waals surface area contributed by atoms with Gasteiger partial charge < -0.3 is 15.1 Å². The first kappa shape index (κ1) is 19.4. The van der Waals surface area contributed by atoms with Gasteiger partial charge in [-0.15, -0.1) is 11.3 Å². The first-order valence-electron chi connectivity index (χ1n) is 10.6. The average molecular weight is 402 g/mol. The van der Waals surface area contributed by atoms with Crippen molar-refractivity contribution < 1.29 is 4.79 Å². The van der Waals surface area contributed by atoms with Gasteiger partial charge in [0, 0.05) is 31.7 Å². The number of carbonyl (C=O) groups excluding carboxylic acids is 1. The lowest BCUT2D eigenvalue weighted by atomic mass is 9.86. The van der Waals surface area contributed by atoms with Gasteiger partial charge in [0.15, 0.2) is 0 Å². The molecule has 2 aliphatic rings. The van der Waals surface area contributed by atoms with Gasteiger partial charge in [0.1, 0.15) is 17.0 Å². The fraction of sp³-hybridized carbons (Fsp3) is 0.667. The molecular weight excluding hydrogens is 370 g/mol. The second-order valence-electron chi connectivity index (χ2n) is 8.38. The topological polar surface area (TPSA) is 61.4 Å². The summed E-state index contributed by atoms with van der Waals surface area (Å²) in [6.45, 7) is 6.97. The molecule has 2 amide bonds. The summed E-state index contributed by atoms with van der Waals surface area (Å²) in [6, 6.07) is 2.81. The van der Waals surface area contributed by atoms with E-state index in [4.69, 9.17) is 0 Å². The zero-order valence-corrected chi connectivity index (χ0v) is 17.7. The molecule has 1 N–H and O–H groups in total. The van der Waals surface area contributed by atoms with Crippen LogP contribution in [0.3, 0.4) is 0 Å². The number of rotatable bonds is 3. The monoisotopic (exact) mass is 401 g/mol. The van der Waals surface area contributed by atoms with E-state index < -0.39 is 0 Å². The van der Waals surface area contributed by atoms with Crippen LogP contribution in [0.15, 0.2) is 17.8 Å². The smallest absolute Gasteiger partial charge is 0.317 e. The molecule has 0 aromatic carbocycles. The molecular formula is C21H31N5OS. The largest absolute Gasteiger partial charge is 0.356 e. The lowest BCUT2D eigenvalue weighted by Crippen LogP contribution is -2.52. The normalized spacial score (nSPS) is 21.9. The Labute approximate surface area is 171 Å². The summed E-state index contributed by atoms with van der Waals surface area (Å²) in [5, 5.41) is 6.38. The van der Waals surface area contributed by atoms with Crippen molar-refractivity contribution in [2.75, 3.05) is 24.5 Å². The van der Waals surface area contributed by atoms with E-state index in [0.29, 0.717) is 12.0 Å². The lowest BCUT2D eigenvalue weighted by Gasteiger charge is -2.41. The van der Waals surface area contributed by atoms with Gasteiger partial charge in [0.2, 0.25) is 0 Å². The second-order valence-corrected chi connectivity index (χ2v) is 9.27. The van der Waals surface area contributed by atoms with Crippen molar-refractivity contribution in [2.24, 2.45) is 5.92 Å². The fourth-order valence-electron chi connectivity index (χ4n) is 4.73. The van der Waals surface area contributed by atoms with Gasteiger partial charge >= 0.3 is 6.03 Å². The van der Waals surface area contributed by atoms with Crippen LogP contribution in [0.2, 0.25) is 0 Å². The number of likely N-dealkylation sites (tertiary alicyclic amines) is 1. The van der Waals surface area contributed by atoms with E-state index in [-0.39, 0.29) is 12.1 Å². The van der Waals surface area contributed by atoms with Gasteiger partial charge in [-0.05, 0) is 56.9 Å². The highest BCUT2D eigenvalue weighted by atomic mass is 32.1.